The van der Waals surface area contributed by atoms with Crippen molar-refractivity contribution < 1.29 is 31.6 Å². The number of hydrogen-bond acceptors (Lipinski definition) is 7. The van der Waals surface area contributed by atoms with Crippen molar-refractivity contribution in [1.82, 2.24) is 0 Å². The van der Waals surface area contributed by atoms with Crippen LogP contribution in [0.4, 0.5) is 0 Å². The molecule has 3 atom stereocenters. The van der Waals surface area contributed by atoms with E-state index in [2.05, 4.69) is 0 Å². The normalized spacial score (nSPS) is 14.2. The van der Waals surface area contributed by atoms with Gasteiger partial charge in [-0.1, -0.05) is 91.0 Å². The van der Waals surface area contributed by atoms with Gasteiger partial charge < -0.3 is 19.0 Å². The lowest BCUT2D eigenvalue weighted by molar-refractivity contribution is -0.163. The molecule has 3 aromatic rings. The molecule has 0 aliphatic heterocycles. The lowest BCUT2D eigenvalue weighted by Crippen LogP contribution is -2.46. The molecule has 3 rings (SSSR count). The van der Waals surface area contributed by atoms with Crippen LogP contribution in [-0.2, 0) is 53.1 Å². The van der Waals surface area contributed by atoms with E-state index in [9.17, 15) is 13.2 Å². The second kappa shape index (κ2) is 13.9. The fourth-order valence-corrected chi connectivity index (χ4v) is 3.75. The van der Waals surface area contributed by atoms with Gasteiger partial charge in [0.15, 0.2) is 6.29 Å². The Kier molecular flexibility index (Phi) is 10.6. The molecule has 0 amide bonds. The number of ether oxygens (including phenoxy) is 3. The lowest BCUT2D eigenvalue weighted by Gasteiger charge is -2.31. The summed E-state index contributed by atoms with van der Waals surface area (Å²) < 4.78 is 46.7. The van der Waals surface area contributed by atoms with Crippen molar-refractivity contribution in [2.45, 2.75) is 38.1 Å². The van der Waals surface area contributed by atoms with E-state index in [1.54, 1.807) is 0 Å². The monoisotopic (exact) mass is 498 g/mol. The van der Waals surface area contributed by atoms with Crippen LogP contribution < -0.4 is 0 Å². The molecule has 0 aliphatic carbocycles. The summed E-state index contributed by atoms with van der Waals surface area (Å²) in [6, 6.07) is 28.3. The Balaban J connectivity index is 1.82. The van der Waals surface area contributed by atoms with E-state index in [0.29, 0.717) is 6.29 Å². The van der Waals surface area contributed by atoms with Crippen molar-refractivity contribution in [2.75, 3.05) is 12.9 Å². The first-order valence-electron chi connectivity index (χ1n) is 11.2. The molecule has 35 heavy (non-hydrogen) atoms. The van der Waals surface area contributed by atoms with Crippen molar-refractivity contribution in [2.24, 2.45) is 0 Å². The third kappa shape index (κ3) is 9.71. The van der Waals surface area contributed by atoms with Crippen LogP contribution in [0, 0.1) is 0 Å². The Bertz CT molecular complexity index is 1110. The van der Waals surface area contributed by atoms with Crippen LogP contribution in [0.3, 0.4) is 0 Å². The third-order valence-corrected chi connectivity index (χ3v) is 5.71. The number of rotatable bonds is 15. The Labute approximate surface area is 206 Å². The Morgan fingerprint density at radius 2 is 1.11 bits per heavy atom. The molecule has 0 unspecified atom stereocenters. The summed E-state index contributed by atoms with van der Waals surface area (Å²) in [6.07, 6.45) is -1.24. The van der Waals surface area contributed by atoms with Crippen LogP contribution in [0.5, 0.6) is 0 Å². The zero-order chi connectivity index (χ0) is 24.9. The standard InChI is InChI=1S/C27H30O7S/c1-35(29,30)34-21-26(32-19-23-13-7-3-8-14-23)27(33-20-24-15-9-4-10-16-24)25(17-28)31-18-22-11-5-2-6-12-22/h2-17,25-27H,18-21H2,1H3/t25-,26-,27+/m0/s1. The molecule has 0 N–H and O–H groups in total. The molecule has 0 saturated carbocycles. The highest BCUT2D eigenvalue weighted by Crippen LogP contribution is 2.19. The fourth-order valence-electron chi connectivity index (χ4n) is 3.36. The highest BCUT2D eigenvalue weighted by atomic mass is 32.2. The Morgan fingerprint density at radius 3 is 1.54 bits per heavy atom. The summed E-state index contributed by atoms with van der Waals surface area (Å²) in [4.78, 5) is 12.1. The van der Waals surface area contributed by atoms with Gasteiger partial charge in [-0.25, -0.2) is 0 Å². The third-order valence-electron chi connectivity index (χ3n) is 5.15. The minimum atomic E-state index is -3.76. The van der Waals surface area contributed by atoms with Crippen molar-refractivity contribution in [3.05, 3.63) is 108 Å². The molecule has 186 valence electrons. The van der Waals surface area contributed by atoms with E-state index in [0.717, 1.165) is 22.9 Å². The first-order valence-corrected chi connectivity index (χ1v) is 13.0. The summed E-state index contributed by atoms with van der Waals surface area (Å²) in [6.45, 7) is 0.195. The fraction of sp³-hybridized carbons (Fsp3) is 0.296. The summed E-state index contributed by atoms with van der Waals surface area (Å²) in [5, 5.41) is 0. The zero-order valence-corrected chi connectivity index (χ0v) is 20.4. The second-order valence-corrected chi connectivity index (χ2v) is 9.63. The number of benzene rings is 3. The van der Waals surface area contributed by atoms with Crippen LogP contribution in [0.25, 0.3) is 0 Å². The van der Waals surface area contributed by atoms with Gasteiger partial charge >= 0.3 is 0 Å². The van der Waals surface area contributed by atoms with Gasteiger partial charge in [-0.3, -0.25) is 4.18 Å². The van der Waals surface area contributed by atoms with Gasteiger partial charge in [-0.15, -0.1) is 0 Å². The SMILES string of the molecule is CS(=O)(=O)OC[C@H](OCc1ccccc1)[C@H](OCc1ccccc1)[C@H](C=O)OCc1ccccc1. The predicted molar refractivity (Wildman–Crippen MR) is 132 cm³/mol. The average Bonchev–Trinajstić information content (AvgIpc) is 2.88. The van der Waals surface area contributed by atoms with E-state index < -0.39 is 28.4 Å². The topological polar surface area (TPSA) is 88.1 Å². The van der Waals surface area contributed by atoms with E-state index in [1.165, 1.54) is 0 Å². The smallest absolute Gasteiger partial charge is 0.264 e. The predicted octanol–water partition coefficient (Wildman–Crippen LogP) is 3.92. The van der Waals surface area contributed by atoms with E-state index in [4.69, 9.17) is 18.4 Å². The van der Waals surface area contributed by atoms with Gasteiger partial charge in [-0.05, 0) is 16.7 Å². The van der Waals surface area contributed by atoms with Gasteiger partial charge in [-0.2, -0.15) is 8.42 Å². The molecular weight excluding hydrogens is 468 g/mol. The van der Waals surface area contributed by atoms with E-state index >= 15 is 0 Å². The quantitative estimate of drug-likeness (QED) is 0.232. The molecule has 0 spiro atoms. The maximum atomic E-state index is 12.1. The van der Waals surface area contributed by atoms with Crippen LogP contribution in [-0.4, -0.2) is 45.9 Å². The molecule has 8 heteroatoms. The van der Waals surface area contributed by atoms with Crippen LogP contribution in [0.1, 0.15) is 16.7 Å². The highest BCUT2D eigenvalue weighted by Gasteiger charge is 2.33. The molecule has 0 aromatic heterocycles. The average molecular weight is 499 g/mol. The summed E-state index contributed by atoms with van der Waals surface area (Å²) >= 11 is 0. The van der Waals surface area contributed by atoms with Crippen molar-refractivity contribution in [3.8, 4) is 0 Å². The highest BCUT2D eigenvalue weighted by molar-refractivity contribution is 7.85. The molecule has 0 aliphatic rings. The minimum absolute atomic E-state index is 0.174. The number of carbonyl (C=O) groups excluding carboxylic acids is 1. The molecule has 0 saturated heterocycles. The van der Waals surface area contributed by atoms with Crippen LogP contribution >= 0.6 is 0 Å². The Hall–Kier alpha value is -2.88. The van der Waals surface area contributed by atoms with E-state index in [1.807, 2.05) is 91.0 Å². The second-order valence-electron chi connectivity index (χ2n) is 7.98. The summed E-state index contributed by atoms with van der Waals surface area (Å²) in [7, 11) is -3.76. The zero-order valence-electron chi connectivity index (χ0n) is 19.6. The van der Waals surface area contributed by atoms with Crippen molar-refractivity contribution in [3.63, 3.8) is 0 Å². The maximum Gasteiger partial charge on any atom is 0.264 e. The van der Waals surface area contributed by atoms with Gasteiger partial charge in [0.1, 0.15) is 18.3 Å². The molecule has 7 nitrogen and oxygen atoms in total. The first kappa shape index (κ1) is 26.7. The van der Waals surface area contributed by atoms with Crippen molar-refractivity contribution in [1.29, 1.82) is 0 Å². The summed E-state index contributed by atoms with van der Waals surface area (Å²) in [5.41, 5.74) is 2.65. The van der Waals surface area contributed by atoms with Crippen molar-refractivity contribution >= 4 is 16.4 Å². The van der Waals surface area contributed by atoms with Gasteiger partial charge in [0.25, 0.3) is 10.1 Å². The molecule has 3 aromatic carbocycles. The van der Waals surface area contributed by atoms with Gasteiger partial charge in [0, 0.05) is 0 Å². The molecule has 0 heterocycles. The Morgan fingerprint density at radius 1 is 0.686 bits per heavy atom. The molecular formula is C27H30O7S. The maximum absolute atomic E-state index is 12.1. The molecule has 0 radical (unpaired) electrons. The van der Waals surface area contributed by atoms with Gasteiger partial charge in [0.05, 0.1) is 32.7 Å². The number of carbonyl (C=O) groups is 1. The molecule has 0 fully saturated rings. The lowest BCUT2D eigenvalue weighted by atomic mass is 10.1. The number of hydrogen-bond donors (Lipinski definition) is 0. The van der Waals surface area contributed by atoms with Crippen LogP contribution in [0.15, 0.2) is 91.0 Å². The van der Waals surface area contributed by atoms with Crippen LogP contribution in [0.2, 0.25) is 0 Å². The number of aldehydes is 1. The largest absolute Gasteiger partial charge is 0.368 e. The molecule has 0 bridgehead atoms. The summed E-state index contributed by atoms with van der Waals surface area (Å²) in [5.74, 6) is 0. The van der Waals surface area contributed by atoms with Gasteiger partial charge in [0.2, 0.25) is 0 Å². The van der Waals surface area contributed by atoms with E-state index in [-0.39, 0.29) is 26.4 Å². The first-order chi connectivity index (χ1) is 16.9. The minimum Gasteiger partial charge on any atom is -0.368 e.